The second kappa shape index (κ2) is 4.50. The lowest BCUT2D eigenvalue weighted by atomic mass is 9.81. The molecular formula is C15H18N2. The normalized spacial score (nSPS) is 31.1. The Morgan fingerprint density at radius 3 is 2.76 bits per heavy atom. The molecule has 2 bridgehead atoms. The number of piperidine rings is 3. The van der Waals surface area contributed by atoms with E-state index in [1.807, 2.05) is 18.2 Å². The first-order valence-corrected chi connectivity index (χ1v) is 6.58. The molecule has 3 saturated heterocycles. The third-order valence-corrected chi connectivity index (χ3v) is 4.30. The molecule has 1 atom stereocenters. The fourth-order valence-corrected chi connectivity index (χ4v) is 3.34. The van der Waals surface area contributed by atoms with Crippen LogP contribution in [0, 0.1) is 17.2 Å². The minimum atomic E-state index is 0.719. The van der Waals surface area contributed by atoms with E-state index in [2.05, 4.69) is 17.0 Å². The van der Waals surface area contributed by atoms with E-state index >= 15 is 0 Å². The van der Waals surface area contributed by atoms with E-state index in [0.717, 1.165) is 23.9 Å². The number of benzene rings is 1. The maximum atomic E-state index is 8.91. The van der Waals surface area contributed by atoms with Gasteiger partial charge in [-0.05, 0) is 62.4 Å². The van der Waals surface area contributed by atoms with Gasteiger partial charge in [0.25, 0.3) is 0 Å². The average molecular weight is 226 g/mol. The number of nitrogens with zero attached hydrogens (tertiary/aromatic N) is 2. The quantitative estimate of drug-likeness (QED) is 0.775. The first-order valence-electron chi connectivity index (χ1n) is 6.58. The average Bonchev–Trinajstić information content (AvgIpc) is 2.40. The third kappa shape index (κ3) is 2.21. The van der Waals surface area contributed by atoms with Crippen molar-refractivity contribution in [2.75, 3.05) is 13.1 Å². The number of hydrogen-bond donors (Lipinski definition) is 0. The molecule has 1 aromatic rings. The summed E-state index contributed by atoms with van der Waals surface area (Å²) in [5.74, 6) is 0.962. The van der Waals surface area contributed by atoms with Crippen molar-refractivity contribution < 1.29 is 0 Å². The van der Waals surface area contributed by atoms with Gasteiger partial charge in [0.15, 0.2) is 0 Å². The highest BCUT2D eigenvalue weighted by atomic mass is 15.2. The SMILES string of the molecule is N#Cc1cccc(CC2CC3CCN2CC3)c1. The summed E-state index contributed by atoms with van der Waals surface area (Å²) in [6, 6.07) is 11.0. The van der Waals surface area contributed by atoms with Crippen LogP contribution in [0.15, 0.2) is 24.3 Å². The fourth-order valence-electron chi connectivity index (χ4n) is 3.34. The molecule has 88 valence electrons. The molecule has 17 heavy (non-hydrogen) atoms. The van der Waals surface area contributed by atoms with Gasteiger partial charge < -0.3 is 4.90 Å². The molecular weight excluding hydrogens is 208 g/mol. The van der Waals surface area contributed by atoms with Crippen LogP contribution < -0.4 is 0 Å². The third-order valence-electron chi connectivity index (χ3n) is 4.30. The van der Waals surface area contributed by atoms with Crippen LogP contribution in [0.5, 0.6) is 0 Å². The van der Waals surface area contributed by atoms with E-state index in [9.17, 15) is 0 Å². The molecule has 1 unspecified atom stereocenters. The van der Waals surface area contributed by atoms with Crippen LogP contribution in [0.4, 0.5) is 0 Å². The Balaban J connectivity index is 1.72. The maximum absolute atomic E-state index is 8.91. The summed E-state index contributed by atoms with van der Waals surface area (Å²) >= 11 is 0. The van der Waals surface area contributed by atoms with Crippen molar-refractivity contribution in [3.05, 3.63) is 35.4 Å². The molecule has 0 spiro atoms. The summed E-state index contributed by atoms with van der Waals surface area (Å²) in [6.45, 7) is 2.57. The smallest absolute Gasteiger partial charge is 0.0991 e. The van der Waals surface area contributed by atoms with Gasteiger partial charge in [-0.15, -0.1) is 0 Å². The molecule has 3 aliphatic rings. The molecule has 3 aliphatic heterocycles. The van der Waals surface area contributed by atoms with Crippen molar-refractivity contribution in [2.45, 2.75) is 31.7 Å². The van der Waals surface area contributed by atoms with Crippen LogP contribution in [0.25, 0.3) is 0 Å². The topological polar surface area (TPSA) is 27.0 Å². The summed E-state index contributed by atoms with van der Waals surface area (Å²) < 4.78 is 0. The van der Waals surface area contributed by atoms with Crippen molar-refractivity contribution in [1.82, 2.24) is 4.90 Å². The van der Waals surface area contributed by atoms with E-state index in [0.29, 0.717) is 0 Å². The van der Waals surface area contributed by atoms with Gasteiger partial charge in [-0.2, -0.15) is 5.26 Å². The highest BCUT2D eigenvalue weighted by Gasteiger charge is 2.33. The molecule has 3 fully saturated rings. The Morgan fingerprint density at radius 2 is 2.12 bits per heavy atom. The van der Waals surface area contributed by atoms with Gasteiger partial charge in [0, 0.05) is 6.04 Å². The zero-order valence-corrected chi connectivity index (χ0v) is 10.1. The van der Waals surface area contributed by atoms with Gasteiger partial charge in [0.1, 0.15) is 0 Å². The Labute approximate surface area is 103 Å². The Bertz CT molecular complexity index is 438. The number of hydrogen-bond acceptors (Lipinski definition) is 2. The van der Waals surface area contributed by atoms with Crippen LogP contribution >= 0.6 is 0 Å². The van der Waals surface area contributed by atoms with E-state index < -0.39 is 0 Å². The van der Waals surface area contributed by atoms with Crippen molar-refractivity contribution in [2.24, 2.45) is 5.92 Å². The van der Waals surface area contributed by atoms with Gasteiger partial charge in [-0.3, -0.25) is 0 Å². The first kappa shape index (κ1) is 10.8. The highest BCUT2D eigenvalue weighted by molar-refractivity contribution is 5.33. The van der Waals surface area contributed by atoms with E-state index in [1.165, 1.54) is 37.9 Å². The summed E-state index contributed by atoms with van der Waals surface area (Å²) in [6.07, 6.45) is 5.27. The lowest BCUT2D eigenvalue weighted by molar-refractivity contribution is 0.0498. The van der Waals surface area contributed by atoms with Gasteiger partial charge in [0.2, 0.25) is 0 Å². The van der Waals surface area contributed by atoms with Gasteiger partial charge in [-0.1, -0.05) is 12.1 Å². The van der Waals surface area contributed by atoms with Crippen molar-refractivity contribution in [1.29, 1.82) is 5.26 Å². The Morgan fingerprint density at radius 1 is 1.29 bits per heavy atom. The molecule has 3 heterocycles. The van der Waals surface area contributed by atoms with Gasteiger partial charge in [0.05, 0.1) is 11.6 Å². The highest BCUT2D eigenvalue weighted by Crippen LogP contribution is 2.33. The molecule has 0 amide bonds. The van der Waals surface area contributed by atoms with Gasteiger partial charge in [-0.25, -0.2) is 0 Å². The van der Waals surface area contributed by atoms with Crippen LogP contribution in [0.1, 0.15) is 30.4 Å². The van der Waals surface area contributed by atoms with Crippen LogP contribution in [-0.2, 0) is 6.42 Å². The van der Waals surface area contributed by atoms with Crippen LogP contribution in [0.2, 0.25) is 0 Å². The standard InChI is InChI=1S/C15H18N2/c16-11-14-3-1-2-13(8-14)10-15-9-12-4-6-17(15)7-5-12/h1-3,8,12,15H,4-7,9-10H2. The number of nitriles is 1. The summed E-state index contributed by atoms with van der Waals surface area (Å²) in [4.78, 5) is 2.64. The largest absolute Gasteiger partial charge is 0.300 e. The maximum Gasteiger partial charge on any atom is 0.0991 e. The predicted octanol–water partition coefficient (Wildman–Crippen LogP) is 2.59. The molecule has 4 rings (SSSR count). The van der Waals surface area contributed by atoms with Crippen molar-refractivity contribution >= 4 is 0 Å². The van der Waals surface area contributed by atoms with Crippen LogP contribution in [0.3, 0.4) is 0 Å². The summed E-state index contributed by atoms with van der Waals surface area (Å²) in [5.41, 5.74) is 2.11. The van der Waals surface area contributed by atoms with Gasteiger partial charge >= 0.3 is 0 Å². The minimum absolute atomic E-state index is 0.719. The summed E-state index contributed by atoms with van der Waals surface area (Å²) in [5, 5.41) is 8.91. The minimum Gasteiger partial charge on any atom is -0.300 e. The number of rotatable bonds is 2. The number of fused-ring (bicyclic) bond motifs is 3. The molecule has 2 nitrogen and oxygen atoms in total. The molecule has 0 radical (unpaired) electrons. The van der Waals surface area contributed by atoms with Crippen LogP contribution in [-0.4, -0.2) is 24.0 Å². The summed E-state index contributed by atoms with van der Waals surface area (Å²) in [7, 11) is 0. The predicted molar refractivity (Wildman–Crippen MR) is 67.6 cm³/mol. The lowest BCUT2D eigenvalue weighted by Gasteiger charge is -2.45. The Hall–Kier alpha value is -1.33. The molecule has 0 saturated carbocycles. The molecule has 0 N–H and O–H groups in total. The van der Waals surface area contributed by atoms with Crippen molar-refractivity contribution in [3.63, 3.8) is 0 Å². The molecule has 2 heteroatoms. The molecule has 0 aromatic heterocycles. The Kier molecular flexibility index (Phi) is 2.86. The zero-order valence-electron chi connectivity index (χ0n) is 10.1. The second-order valence-corrected chi connectivity index (χ2v) is 5.39. The van der Waals surface area contributed by atoms with Crippen molar-refractivity contribution in [3.8, 4) is 6.07 Å². The zero-order chi connectivity index (χ0) is 11.7. The first-order chi connectivity index (χ1) is 8.35. The van der Waals surface area contributed by atoms with E-state index in [-0.39, 0.29) is 0 Å². The fraction of sp³-hybridized carbons (Fsp3) is 0.533. The van der Waals surface area contributed by atoms with E-state index in [4.69, 9.17) is 5.26 Å². The molecule has 0 aliphatic carbocycles. The van der Waals surface area contributed by atoms with E-state index in [1.54, 1.807) is 0 Å². The molecule has 1 aromatic carbocycles. The monoisotopic (exact) mass is 226 g/mol. The second-order valence-electron chi connectivity index (χ2n) is 5.39. The lowest BCUT2D eigenvalue weighted by Crippen LogP contribution is -2.49.